The van der Waals surface area contributed by atoms with Crippen LogP contribution in [0.5, 0.6) is 5.75 Å². The predicted molar refractivity (Wildman–Crippen MR) is 79.5 cm³/mol. The van der Waals surface area contributed by atoms with Gasteiger partial charge < -0.3 is 14.7 Å². The lowest BCUT2D eigenvalue weighted by Gasteiger charge is -2.19. The average Bonchev–Trinajstić information content (AvgIpc) is 2.90. The Kier molecular flexibility index (Phi) is 4.62. The zero-order chi connectivity index (χ0) is 15.4. The van der Waals surface area contributed by atoms with Crippen LogP contribution < -0.4 is 9.64 Å². The van der Waals surface area contributed by atoms with E-state index in [0.29, 0.717) is 5.75 Å². The first-order chi connectivity index (χ1) is 9.99. The number of amides is 1. The number of nitrogens with zero attached hydrogens (tertiary/aromatic N) is 1. The number of carbonyl (C=O) groups excluding carboxylic acids is 1. The van der Waals surface area contributed by atoms with E-state index >= 15 is 0 Å². The largest absolute Gasteiger partial charge is 0.482 e. The first-order valence-electron chi connectivity index (χ1n) is 6.90. The Morgan fingerprint density at radius 3 is 2.43 bits per heavy atom. The van der Waals surface area contributed by atoms with Crippen LogP contribution in [0, 0.1) is 0 Å². The molecule has 112 valence electrons. The summed E-state index contributed by atoms with van der Waals surface area (Å²) in [6.07, 6.45) is 2.88. The van der Waals surface area contributed by atoms with Gasteiger partial charge in [-0.25, -0.2) is 4.79 Å². The van der Waals surface area contributed by atoms with Gasteiger partial charge in [-0.15, -0.1) is 0 Å². The van der Waals surface area contributed by atoms with Gasteiger partial charge in [0.25, 0.3) is 5.91 Å². The fraction of sp³-hybridized carbons (Fsp3) is 0.375. The molecular formula is C16H19NO4. The molecule has 0 spiro atoms. The highest BCUT2D eigenvalue weighted by molar-refractivity contribution is 6.06. The van der Waals surface area contributed by atoms with Crippen molar-refractivity contribution in [2.24, 2.45) is 0 Å². The summed E-state index contributed by atoms with van der Waals surface area (Å²) in [7, 11) is 1.74. The molecule has 1 aliphatic rings. The second-order valence-corrected chi connectivity index (χ2v) is 5.15. The third-order valence-electron chi connectivity index (χ3n) is 3.64. The van der Waals surface area contributed by atoms with Crippen molar-refractivity contribution < 1.29 is 19.4 Å². The van der Waals surface area contributed by atoms with Crippen molar-refractivity contribution in [1.82, 2.24) is 0 Å². The summed E-state index contributed by atoms with van der Waals surface area (Å²) in [4.78, 5) is 24.5. The van der Waals surface area contributed by atoms with Crippen molar-refractivity contribution in [3.05, 3.63) is 35.4 Å². The summed E-state index contributed by atoms with van der Waals surface area (Å²) in [5, 5.41) is 8.55. The smallest absolute Gasteiger partial charge is 0.341 e. The molecule has 0 radical (unpaired) electrons. The second kappa shape index (κ2) is 6.43. The van der Waals surface area contributed by atoms with Crippen LogP contribution in [0.4, 0.5) is 5.69 Å². The van der Waals surface area contributed by atoms with Crippen molar-refractivity contribution in [2.45, 2.75) is 26.2 Å². The number of hydrogen-bond acceptors (Lipinski definition) is 3. The van der Waals surface area contributed by atoms with Crippen molar-refractivity contribution in [1.29, 1.82) is 0 Å². The number of carbonyl (C=O) groups is 2. The molecule has 1 amide bonds. The van der Waals surface area contributed by atoms with E-state index in [9.17, 15) is 9.59 Å². The number of aliphatic carboxylic acids is 1. The van der Waals surface area contributed by atoms with E-state index in [1.807, 2.05) is 6.92 Å². The van der Waals surface area contributed by atoms with Gasteiger partial charge >= 0.3 is 5.97 Å². The molecule has 0 bridgehead atoms. The minimum Gasteiger partial charge on any atom is -0.482 e. The van der Waals surface area contributed by atoms with E-state index in [2.05, 4.69) is 0 Å². The standard InChI is InChI=1S/C16H19NO4/c1-11-4-3-5-14(11)16(20)17(2)12-6-8-13(9-7-12)21-10-15(18)19/h6-9H,3-5,10H2,1-2H3,(H,18,19). The van der Waals surface area contributed by atoms with Gasteiger partial charge in [-0.1, -0.05) is 5.57 Å². The van der Waals surface area contributed by atoms with Gasteiger partial charge in [-0.3, -0.25) is 4.79 Å². The van der Waals surface area contributed by atoms with Gasteiger partial charge in [0.2, 0.25) is 0 Å². The van der Waals surface area contributed by atoms with Crippen LogP contribution in [0.25, 0.3) is 0 Å². The Balaban J connectivity index is 2.06. The van der Waals surface area contributed by atoms with Crippen LogP contribution in [-0.4, -0.2) is 30.6 Å². The highest BCUT2D eigenvalue weighted by Crippen LogP contribution is 2.28. The van der Waals surface area contributed by atoms with Crippen LogP contribution in [0.2, 0.25) is 0 Å². The van der Waals surface area contributed by atoms with Crippen LogP contribution in [0.15, 0.2) is 35.4 Å². The molecule has 0 saturated carbocycles. The molecule has 1 aromatic carbocycles. The molecule has 5 heteroatoms. The van der Waals surface area contributed by atoms with Crippen molar-refractivity contribution in [3.63, 3.8) is 0 Å². The molecule has 0 unspecified atom stereocenters. The van der Waals surface area contributed by atoms with E-state index in [1.165, 1.54) is 5.57 Å². The lowest BCUT2D eigenvalue weighted by molar-refractivity contribution is -0.139. The first-order valence-corrected chi connectivity index (χ1v) is 6.90. The van der Waals surface area contributed by atoms with E-state index < -0.39 is 5.97 Å². The predicted octanol–water partition coefficient (Wildman–Crippen LogP) is 2.61. The second-order valence-electron chi connectivity index (χ2n) is 5.15. The minimum atomic E-state index is -1.02. The van der Waals surface area contributed by atoms with Crippen molar-refractivity contribution >= 4 is 17.6 Å². The van der Waals surface area contributed by atoms with Crippen LogP contribution in [-0.2, 0) is 9.59 Å². The molecule has 0 aliphatic heterocycles. The number of allylic oxidation sites excluding steroid dienone is 1. The normalized spacial score (nSPS) is 14.2. The molecule has 5 nitrogen and oxygen atoms in total. The summed E-state index contributed by atoms with van der Waals surface area (Å²) in [6, 6.07) is 6.83. The van der Waals surface area contributed by atoms with E-state index in [-0.39, 0.29) is 12.5 Å². The SMILES string of the molecule is CC1=C(C(=O)N(C)c2ccc(OCC(=O)O)cc2)CCC1. The summed E-state index contributed by atoms with van der Waals surface area (Å²) in [5.74, 6) is -0.516. The molecule has 0 heterocycles. The topological polar surface area (TPSA) is 66.8 Å². The quantitative estimate of drug-likeness (QED) is 0.904. The summed E-state index contributed by atoms with van der Waals surface area (Å²) in [5.41, 5.74) is 2.84. The molecular weight excluding hydrogens is 270 g/mol. The van der Waals surface area contributed by atoms with Gasteiger partial charge in [0, 0.05) is 18.3 Å². The Bertz CT molecular complexity index is 574. The van der Waals surface area contributed by atoms with E-state index in [0.717, 1.165) is 30.5 Å². The zero-order valence-electron chi connectivity index (χ0n) is 12.3. The molecule has 2 rings (SSSR count). The Morgan fingerprint density at radius 2 is 1.90 bits per heavy atom. The van der Waals surface area contributed by atoms with Gasteiger partial charge in [-0.2, -0.15) is 0 Å². The maximum Gasteiger partial charge on any atom is 0.341 e. The third-order valence-corrected chi connectivity index (χ3v) is 3.64. The number of benzene rings is 1. The van der Waals surface area contributed by atoms with Gasteiger partial charge in [-0.05, 0) is 50.5 Å². The summed E-state index contributed by atoms with van der Waals surface area (Å²) < 4.78 is 5.07. The maximum atomic E-state index is 12.4. The average molecular weight is 289 g/mol. The molecule has 1 N–H and O–H groups in total. The Morgan fingerprint density at radius 1 is 1.24 bits per heavy atom. The molecule has 0 fully saturated rings. The third kappa shape index (κ3) is 3.62. The molecule has 0 atom stereocenters. The number of ether oxygens (including phenoxy) is 1. The molecule has 0 saturated heterocycles. The summed E-state index contributed by atoms with van der Waals surface area (Å²) in [6.45, 7) is 1.64. The Hall–Kier alpha value is -2.30. The lowest BCUT2D eigenvalue weighted by atomic mass is 10.1. The minimum absolute atomic E-state index is 0.0317. The fourth-order valence-electron chi connectivity index (χ4n) is 2.41. The molecule has 1 aliphatic carbocycles. The van der Waals surface area contributed by atoms with Crippen molar-refractivity contribution in [2.75, 3.05) is 18.6 Å². The van der Waals surface area contributed by atoms with Gasteiger partial charge in [0.15, 0.2) is 6.61 Å². The first kappa shape index (κ1) is 15.1. The van der Waals surface area contributed by atoms with Gasteiger partial charge in [0.05, 0.1) is 0 Å². The maximum absolute atomic E-state index is 12.4. The van der Waals surface area contributed by atoms with E-state index in [1.54, 1.807) is 36.2 Å². The highest BCUT2D eigenvalue weighted by Gasteiger charge is 2.21. The molecule has 1 aromatic rings. The molecule has 21 heavy (non-hydrogen) atoms. The highest BCUT2D eigenvalue weighted by atomic mass is 16.5. The monoisotopic (exact) mass is 289 g/mol. The van der Waals surface area contributed by atoms with Crippen molar-refractivity contribution in [3.8, 4) is 5.75 Å². The van der Waals surface area contributed by atoms with Crippen LogP contribution in [0.3, 0.4) is 0 Å². The number of rotatable bonds is 5. The number of anilines is 1. The van der Waals surface area contributed by atoms with Gasteiger partial charge in [0.1, 0.15) is 5.75 Å². The lowest BCUT2D eigenvalue weighted by Crippen LogP contribution is -2.27. The fourth-order valence-corrected chi connectivity index (χ4v) is 2.41. The Labute approximate surface area is 123 Å². The van der Waals surface area contributed by atoms with Crippen LogP contribution in [0.1, 0.15) is 26.2 Å². The number of hydrogen-bond donors (Lipinski definition) is 1. The van der Waals surface area contributed by atoms with E-state index in [4.69, 9.17) is 9.84 Å². The van der Waals surface area contributed by atoms with Crippen LogP contribution >= 0.6 is 0 Å². The number of likely N-dealkylation sites (N-methyl/N-ethyl adjacent to an activating group) is 1. The molecule has 0 aromatic heterocycles. The zero-order valence-corrected chi connectivity index (χ0v) is 12.3. The summed E-state index contributed by atoms with van der Waals surface area (Å²) >= 11 is 0. The number of carboxylic acids is 1. The number of carboxylic acid groups (broad SMARTS) is 1.